The van der Waals surface area contributed by atoms with Crippen LogP contribution in [0.3, 0.4) is 0 Å². The summed E-state index contributed by atoms with van der Waals surface area (Å²) in [4.78, 5) is 26.8. The first-order valence-electron chi connectivity index (χ1n) is 8.22. The summed E-state index contributed by atoms with van der Waals surface area (Å²) in [5.41, 5.74) is 0.483. The van der Waals surface area contributed by atoms with E-state index in [1.165, 1.54) is 0 Å². The van der Waals surface area contributed by atoms with Crippen LogP contribution in [0.2, 0.25) is 0 Å². The molecular weight excluding hydrogens is 328 g/mol. The van der Waals surface area contributed by atoms with Crippen LogP contribution in [0.25, 0.3) is 0 Å². The highest BCUT2D eigenvalue weighted by atomic mass is 19.1. The van der Waals surface area contributed by atoms with E-state index in [1.54, 1.807) is 24.8 Å². The van der Waals surface area contributed by atoms with Gasteiger partial charge in [0.1, 0.15) is 17.4 Å². The number of hydrogen-bond acceptors (Lipinski definition) is 3. The number of hydrogen-bond donors (Lipinski definition) is 0. The molecule has 0 N–H and O–H groups in total. The van der Waals surface area contributed by atoms with Crippen LogP contribution in [0, 0.1) is 31.4 Å². The lowest BCUT2D eigenvalue weighted by Crippen LogP contribution is -2.42. The molecule has 1 aliphatic rings. The van der Waals surface area contributed by atoms with Gasteiger partial charge in [0.25, 0.3) is 5.91 Å². The number of aryl methyl sites for hydroxylation is 2. The quantitative estimate of drug-likeness (QED) is 0.791. The number of nitrogens with zero attached hydrogens (tertiary/aromatic N) is 1. The lowest BCUT2D eigenvalue weighted by atomic mass is 9.89. The van der Waals surface area contributed by atoms with Gasteiger partial charge >= 0.3 is 0 Å². The molecule has 1 aromatic heterocycles. The molecule has 1 unspecified atom stereocenters. The van der Waals surface area contributed by atoms with Crippen LogP contribution in [0.4, 0.5) is 8.78 Å². The molecular formula is C19H19F2NO3. The number of amides is 1. The molecule has 132 valence electrons. The molecule has 0 radical (unpaired) electrons. The monoisotopic (exact) mass is 347 g/mol. The predicted octanol–water partition coefficient (Wildman–Crippen LogP) is 3.91. The van der Waals surface area contributed by atoms with E-state index >= 15 is 0 Å². The van der Waals surface area contributed by atoms with Crippen LogP contribution >= 0.6 is 0 Å². The SMILES string of the molecule is Cc1cc(C)c(C(=O)N2CCCC(C(=O)c3cc(F)ccc3F)C2)o1. The largest absolute Gasteiger partial charge is 0.456 e. The molecule has 4 nitrogen and oxygen atoms in total. The number of rotatable bonds is 3. The van der Waals surface area contributed by atoms with Gasteiger partial charge in [-0.1, -0.05) is 0 Å². The number of benzene rings is 1. The fraction of sp³-hybridized carbons (Fsp3) is 0.368. The lowest BCUT2D eigenvalue weighted by molar-refractivity contribution is 0.0607. The molecule has 1 saturated heterocycles. The molecule has 1 fully saturated rings. The second-order valence-corrected chi connectivity index (χ2v) is 6.45. The number of likely N-dealkylation sites (tertiary alicyclic amines) is 1. The van der Waals surface area contributed by atoms with Gasteiger partial charge in [-0.05, 0) is 51.0 Å². The van der Waals surface area contributed by atoms with E-state index in [2.05, 4.69) is 0 Å². The molecule has 1 amide bonds. The first-order chi connectivity index (χ1) is 11.9. The molecule has 0 saturated carbocycles. The number of carbonyl (C=O) groups is 2. The number of Topliss-reactive ketones (excluding diaryl/α,β-unsaturated/α-hetero) is 1. The molecule has 1 aromatic carbocycles. The Hall–Kier alpha value is -2.50. The van der Waals surface area contributed by atoms with Gasteiger partial charge in [0, 0.05) is 24.6 Å². The maximum atomic E-state index is 13.9. The molecule has 1 atom stereocenters. The van der Waals surface area contributed by atoms with Crippen molar-refractivity contribution >= 4 is 11.7 Å². The van der Waals surface area contributed by atoms with Gasteiger partial charge in [0.15, 0.2) is 11.5 Å². The molecule has 2 heterocycles. The van der Waals surface area contributed by atoms with Crippen molar-refractivity contribution in [1.29, 1.82) is 0 Å². The van der Waals surface area contributed by atoms with E-state index in [0.29, 0.717) is 25.1 Å². The number of ketones is 1. The molecule has 6 heteroatoms. The smallest absolute Gasteiger partial charge is 0.289 e. The minimum absolute atomic E-state index is 0.173. The predicted molar refractivity (Wildman–Crippen MR) is 87.5 cm³/mol. The van der Waals surface area contributed by atoms with Crippen molar-refractivity contribution in [2.45, 2.75) is 26.7 Å². The van der Waals surface area contributed by atoms with Crippen molar-refractivity contribution in [2.24, 2.45) is 5.92 Å². The minimum atomic E-state index is -0.743. The third-order valence-corrected chi connectivity index (χ3v) is 4.51. The Kier molecular flexibility index (Phi) is 4.70. The Morgan fingerprint density at radius 1 is 1.20 bits per heavy atom. The standard InChI is InChI=1S/C19H19F2NO3/c1-11-8-12(2)25-18(11)19(24)22-7-3-4-13(10-22)17(23)15-9-14(20)5-6-16(15)21/h5-6,8-9,13H,3-4,7,10H2,1-2H3. The second kappa shape index (κ2) is 6.78. The summed E-state index contributed by atoms with van der Waals surface area (Å²) in [5, 5.41) is 0. The second-order valence-electron chi connectivity index (χ2n) is 6.45. The van der Waals surface area contributed by atoms with Gasteiger partial charge in [-0.15, -0.1) is 0 Å². The highest BCUT2D eigenvalue weighted by molar-refractivity contribution is 5.99. The van der Waals surface area contributed by atoms with Crippen LogP contribution in [-0.4, -0.2) is 29.7 Å². The summed E-state index contributed by atoms with van der Waals surface area (Å²) in [7, 11) is 0. The van der Waals surface area contributed by atoms with Gasteiger partial charge in [0.2, 0.25) is 0 Å². The number of halogens is 2. The van der Waals surface area contributed by atoms with Crippen LogP contribution in [0.15, 0.2) is 28.7 Å². The first-order valence-corrected chi connectivity index (χ1v) is 8.22. The Bertz CT molecular complexity index is 828. The summed E-state index contributed by atoms with van der Waals surface area (Å²) < 4.78 is 32.7. The molecule has 25 heavy (non-hydrogen) atoms. The van der Waals surface area contributed by atoms with Gasteiger partial charge < -0.3 is 9.32 Å². The Labute approximate surface area is 144 Å². The van der Waals surface area contributed by atoms with Gasteiger partial charge in [-0.2, -0.15) is 0 Å². The van der Waals surface area contributed by atoms with Crippen molar-refractivity contribution in [2.75, 3.05) is 13.1 Å². The normalized spacial score (nSPS) is 17.6. The number of piperidine rings is 1. The summed E-state index contributed by atoms with van der Waals surface area (Å²) in [6, 6.07) is 4.62. The maximum absolute atomic E-state index is 13.9. The van der Waals surface area contributed by atoms with Gasteiger partial charge in [0.05, 0.1) is 5.56 Å². The summed E-state index contributed by atoms with van der Waals surface area (Å²) >= 11 is 0. The van der Waals surface area contributed by atoms with E-state index in [4.69, 9.17) is 4.42 Å². The first kappa shape index (κ1) is 17.3. The Balaban J connectivity index is 1.79. The zero-order chi connectivity index (χ0) is 18.1. The average Bonchev–Trinajstić information content (AvgIpc) is 2.94. The van der Waals surface area contributed by atoms with E-state index in [-0.39, 0.29) is 23.8 Å². The molecule has 2 aromatic rings. The van der Waals surface area contributed by atoms with Gasteiger partial charge in [-0.25, -0.2) is 8.78 Å². The summed E-state index contributed by atoms with van der Waals surface area (Å²) in [5.74, 6) is -1.78. The molecule has 3 rings (SSSR count). The van der Waals surface area contributed by atoms with E-state index in [1.807, 2.05) is 0 Å². The van der Waals surface area contributed by atoms with E-state index in [9.17, 15) is 18.4 Å². The number of carbonyl (C=O) groups excluding carboxylic acids is 2. The van der Waals surface area contributed by atoms with E-state index < -0.39 is 23.3 Å². The van der Waals surface area contributed by atoms with E-state index in [0.717, 1.165) is 23.8 Å². The lowest BCUT2D eigenvalue weighted by Gasteiger charge is -2.31. The topological polar surface area (TPSA) is 50.5 Å². The summed E-state index contributed by atoms with van der Waals surface area (Å²) in [6.07, 6.45) is 1.16. The molecule has 0 aliphatic carbocycles. The molecule has 1 aliphatic heterocycles. The van der Waals surface area contributed by atoms with Crippen molar-refractivity contribution in [3.05, 3.63) is 58.5 Å². The zero-order valence-electron chi connectivity index (χ0n) is 14.1. The Morgan fingerprint density at radius 2 is 1.96 bits per heavy atom. The fourth-order valence-electron chi connectivity index (χ4n) is 3.28. The van der Waals surface area contributed by atoms with Crippen LogP contribution in [0.5, 0.6) is 0 Å². The highest BCUT2D eigenvalue weighted by Crippen LogP contribution is 2.25. The third kappa shape index (κ3) is 3.48. The maximum Gasteiger partial charge on any atom is 0.289 e. The average molecular weight is 347 g/mol. The molecule has 0 spiro atoms. The van der Waals surface area contributed by atoms with Crippen molar-refractivity contribution in [3.63, 3.8) is 0 Å². The zero-order valence-corrected chi connectivity index (χ0v) is 14.1. The third-order valence-electron chi connectivity index (χ3n) is 4.51. The van der Waals surface area contributed by atoms with Crippen LogP contribution < -0.4 is 0 Å². The fourth-order valence-corrected chi connectivity index (χ4v) is 3.28. The van der Waals surface area contributed by atoms with Crippen molar-refractivity contribution < 1.29 is 22.8 Å². The summed E-state index contributed by atoms with van der Waals surface area (Å²) in [6.45, 7) is 4.23. The van der Waals surface area contributed by atoms with Crippen molar-refractivity contribution in [3.8, 4) is 0 Å². The van der Waals surface area contributed by atoms with Crippen LogP contribution in [0.1, 0.15) is 45.1 Å². The highest BCUT2D eigenvalue weighted by Gasteiger charge is 2.32. The Morgan fingerprint density at radius 3 is 2.64 bits per heavy atom. The van der Waals surface area contributed by atoms with Crippen LogP contribution in [-0.2, 0) is 0 Å². The number of furan rings is 1. The van der Waals surface area contributed by atoms with Crippen molar-refractivity contribution in [1.82, 2.24) is 4.90 Å². The molecule has 0 bridgehead atoms. The van der Waals surface area contributed by atoms with Gasteiger partial charge in [-0.3, -0.25) is 9.59 Å². The minimum Gasteiger partial charge on any atom is -0.456 e.